The van der Waals surface area contributed by atoms with E-state index in [2.05, 4.69) is 15.0 Å². The van der Waals surface area contributed by atoms with E-state index >= 15 is 0 Å². The van der Waals surface area contributed by atoms with E-state index in [1.165, 1.54) is 64.1 Å². The number of carbonyl (C=O) groups is 5. The number of hydrogen-bond donors (Lipinski definition) is 1. The molecule has 0 spiro atoms. The molecule has 1 aliphatic rings. The molecule has 13 unspecified atom stereocenters. The van der Waals surface area contributed by atoms with Crippen LogP contribution in [0.3, 0.4) is 0 Å². The van der Waals surface area contributed by atoms with Gasteiger partial charge in [0, 0.05) is 79.9 Å². The van der Waals surface area contributed by atoms with Gasteiger partial charge in [-0.2, -0.15) is 0 Å². The van der Waals surface area contributed by atoms with Crippen molar-refractivity contribution >= 4 is 36.2 Å². The summed E-state index contributed by atoms with van der Waals surface area (Å²) in [6.07, 6.45) is 8.87. The molecule has 1 N–H and O–H groups in total. The molecule has 0 saturated heterocycles. The van der Waals surface area contributed by atoms with Gasteiger partial charge in [0.25, 0.3) is 0 Å². The number of cyclic esters (lactones) is 1. The number of hydrogen-bond acceptors (Lipinski definition) is 20. The van der Waals surface area contributed by atoms with Crippen LogP contribution in [0.1, 0.15) is 97.8 Å². The lowest BCUT2D eigenvalue weighted by Crippen LogP contribution is -2.42. The fourth-order valence-electron chi connectivity index (χ4n) is 8.59. The number of ether oxygens (including phenoxy) is 8. The van der Waals surface area contributed by atoms with E-state index in [1.54, 1.807) is 46.5 Å². The number of amides is 1. The van der Waals surface area contributed by atoms with E-state index < -0.39 is 90.4 Å². The zero-order chi connectivity index (χ0) is 53.8. The first-order valence-electron chi connectivity index (χ1n) is 24.3. The van der Waals surface area contributed by atoms with Crippen molar-refractivity contribution in [3.05, 3.63) is 60.9 Å². The van der Waals surface area contributed by atoms with Crippen LogP contribution in [-0.4, -0.2) is 147 Å². The van der Waals surface area contributed by atoms with Crippen molar-refractivity contribution < 1.29 is 80.2 Å². The highest BCUT2D eigenvalue weighted by Crippen LogP contribution is 2.33. The van der Waals surface area contributed by atoms with Crippen molar-refractivity contribution in [3.63, 3.8) is 0 Å². The molecular weight excluding hydrogens is 953 g/mol. The zero-order valence-electron chi connectivity index (χ0n) is 44.0. The molecule has 13 atom stereocenters. The summed E-state index contributed by atoms with van der Waals surface area (Å²) in [6.45, 7) is 10.4. The number of aliphatic hydroxyl groups is 1. The van der Waals surface area contributed by atoms with Gasteiger partial charge in [-0.15, -0.1) is 0 Å². The number of fused-ring (bicyclic) bond motifs is 8. The Balaban J connectivity index is 1.63. The average Bonchev–Trinajstić information content (AvgIpc) is 4.17. The molecule has 1 aliphatic heterocycles. The highest BCUT2D eigenvalue weighted by atomic mass is 16.6. The van der Waals surface area contributed by atoms with Crippen LogP contribution in [0.2, 0.25) is 0 Å². The van der Waals surface area contributed by atoms with Crippen molar-refractivity contribution in [3.8, 4) is 23.2 Å². The second kappa shape index (κ2) is 29.8. The number of aliphatic hydroxyl groups excluding tert-OH is 1. The molecule has 21 nitrogen and oxygen atoms in total. The highest BCUT2D eigenvalue weighted by molar-refractivity contribution is 5.92. The van der Waals surface area contributed by atoms with Gasteiger partial charge in [0.1, 0.15) is 48.9 Å². The molecule has 1 amide bonds. The normalized spacial score (nSPS) is 24.1. The number of methoxy groups -OCH3 is 5. The number of ketones is 1. The molecule has 0 radical (unpaired) electrons. The Morgan fingerprint density at radius 1 is 0.863 bits per heavy atom. The summed E-state index contributed by atoms with van der Waals surface area (Å²) in [5, 5.41) is 11.0. The maximum atomic E-state index is 13.7. The lowest BCUT2D eigenvalue weighted by molar-refractivity contribution is -0.173. The summed E-state index contributed by atoms with van der Waals surface area (Å²) in [4.78, 5) is 79.2. The van der Waals surface area contributed by atoms with E-state index in [-0.39, 0.29) is 60.9 Å². The molecule has 73 heavy (non-hydrogen) atoms. The quantitative estimate of drug-likeness (QED) is 0.0657. The Morgan fingerprint density at radius 3 is 2.21 bits per heavy atom. The molecule has 0 saturated carbocycles. The lowest BCUT2D eigenvalue weighted by atomic mass is 9.83. The van der Waals surface area contributed by atoms with Crippen LogP contribution in [0.4, 0.5) is 0 Å². The number of esters is 3. The fraction of sp³-hybridized carbons (Fsp3) is 0.615. The summed E-state index contributed by atoms with van der Waals surface area (Å²) in [6, 6.07) is 0. The zero-order valence-corrected chi connectivity index (χ0v) is 44.0. The molecule has 6 bridgehead atoms. The minimum absolute atomic E-state index is 0.0242. The summed E-state index contributed by atoms with van der Waals surface area (Å²) in [7, 11) is 8.95. The Bertz CT molecular complexity index is 2290. The maximum absolute atomic E-state index is 13.7. The highest BCUT2D eigenvalue weighted by Gasteiger charge is 2.38. The molecule has 4 heterocycles. The van der Waals surface area contributed by atoms with Crippen molar-refractivity contribution in [1.82, 2.24) is 19.9 Å². The molecule has 21 heteroatoms. The van der Waals surface area contributed by atoms with Gasteiger partial charge in [-0.25, -0.2) is 19.7 Å². The van der Waals surface area contributed by atoms with Gasteiger partial charge in [-0.05, 0) is 43.8 Å². The second-order valence-electron chi connectivity index (χ2n) is 18.5. The third-order valence-corrected chi connectivity index (χ3v) is 13.1. The minimum Gasteiger partial charge on any atom is -0.462 e. The van der Waals surface area contributed by atoms with Gasteiger partial charge in [0.05, 0.1) is 37.3 Å². The Labute approximate surface area is 426 Å². The molecular formula is C52H74N4O17. The van der Waals surface area contributed by atoms with Crippen LogP contribution in [0, 0.1) is 29.6 Å². The van der Waals surface area contributed by atoms with Gasteiger partial charge in [-0.3, -0.25) is 19.2 Å². The van der Waals surface area contributed by atoms with Crippen LogP contribution in [0.25, 0.3) is 29.2 Å². The molecule has 4 rings (SSSR count). The van der Waals surface area contributed by atoms with E-state index in [0.717, 1.165) is 0 Å². The smallest absolute Gasteiger partial charge is 0.337 e. The van der Waals surface area contributed by atoms with E-state index in [1.807, 2.05) is 33.8 Å². The van der Waals surface area contributed by atoms with Gasteiger partial charge < -0.3 is 61.2 Å². The number of nitrogens with zero attached hydrogens (tertiary/aromatic N) is 4. The third kappa shape index (κ3) is 17.7. The van der Waals surface area contributed by atoms with E-state index in [9.17, 15) is 29.1 Å². The van der Waals surface area contributed by atoms with E-state index in [4.69, 9.17) is 51.1 Å². The van der Waals surface area contributed by atoms with Gasteiger partial charge >= 0.3 is 17.9 Å². The summed E-state index contributed by atoms with van der Waals surface area (Å²) >= 11 is 0. The molecule has 0 aliphatic carbocycles. The Kier molecular flexibility index (Phi) is 24.3. The number of oxazole rings is 3. The summed E-state index contributed by atoms with van der Waals surface area (Å²) in [5.41, 5.74) is 0.950. The Hall–Kier alpha value is -5.84. The van der Waals surface area contributed by atoms with Crippen molar-refractivity contribution in [2.24, 2.45) is 29.6 Å². The monoisotopic (exact) mass is 1030 g/mol. The van der Waals surface area contributed by atoms with Crippen LogP contribution in [0.15, 0.2) is 62.5 Å². The fourth-order valence-corrected chi connectivity index (χ4v) is 8.59. The largest absolute Gasteiger partial charge is 0.462 e. The second-order valence-corrected chi connectivity index (χ2v) is 18.5. The van der Waals surface area contributed by atoms with Gasteiger partial charge in [0.2, 0.25) is 24.1 Å². The molecule has 404 valence electrons. The van der Waals surface area contributed by atoms with Crippen LogP contribution in [-0.2, 0) is 61.9 Å². The standard InChI is InChI=1S/C52H74N4O17/c1-30(19-20-42(73-52(62)45(66-11)28-63-8)34(5)48(71-35(6)58)31(2)21-22-56(7)29-57)43(65-10)24-44-33(4)41(64-9)17-14-18-46-53-38(26-68-46)50-55-39(27-70-50)51-54-37(25-69-51)49(67-12)32(3)40(60)16-13-15-36(59)23-47(61)72-44/h13-14,16,18,21-22,25-27,29-34,36,41-45,48-49,59H,15,17,19-20,23-24,28H2,1-12H3/b16-13-,18-14-,22-21+. The average molecular weight is 1030 g/mol. The predicted octanol–water partition coefficient (Wildman–Crippen LogP) is 6.75. The molecule has 3 aromatic heterocycles. The summed E-state index contributed by atoms with van der Waals surface area (Å²) in [5.74, 6) is -3.99. The Morgan fingerprint density at radius 2 is 1.55 bits per heavy atom. The van der Waals surface area contributed by atoms with Crippen molar-refractivity contribution in [2.75, 3.05) is 49.2 Å². The van der Waals surface area contributed by atoms with Gasteiger partial charge in [-0.1, -0.05) is 52.8 Å². The SMILES string of the molecule is COCC(OC)C(=O)OC(CCC(C)C(CC1OC(=O)CC(O)C/C=C\C(=O)C(C)C(OC)c2coc(n2)-c2coc(n2)-c2coc(n2)/C=C\CC(OC)C1C)OC)C(C)C(OC(C)=O)C(C)/C=C/N(C)C=O. The lowest BCUT2D eigenvalue weighted by Gasteiger charge is -2.35. The first-order chi connectivity index (χ1) is 34.9. The molecule has 0 fully saturated rings. The third-order valence-electron chi connectivity index (χ3n) is 13.1. The van der Waals surface area contributed by atoms with Crippen LogP contribution >= 0.6 is 0 Å². The number of aromatic nitrogens is 3. The first kappa shape index (κ1) is 59.7. The number of rotatable bonds is 21. The minimum atomic E-state index is -1.19. The molecule has 0 aromatic carbocycles. The van der Waals surface area contributed by atoms with Gasteiger partial charge in [0.15, 0.2) is 23.3 Å². The number of allylic oxidation sites excluding steroid dienone is 1. The topological polar surface area (TPSA) is 261 Å². The van der Waals surface area contributed by atoms with Crippen LogP contribution in [0.5, 0.6) is 0 Å². The first-order valence-corrected chi connectivity index (χ1v) is 24.3. The number of carbonyl (C=O) groups excluding carboxylic acids is 5. The van der Waals surface area contributed by atoms with Crippen molar-refractivity contribution in [2.45, 2.75) is 129 Å². The maximum Gasteiger partial charge on any atom is 0.337 e. The van der Waals surface area contributed by atoms with Crippen molar-refractivity contribution in [1.29, 1.82) is 0 Å². The predicted molar refractivity (Wildman–Crippen MR) is 263 cm³/mol. The summed E-state index contributed by atoms with van der Waals surface area (Å²) < 4.78 is 63.6. The molecule has 3 aromatic rings. The van der Waals surface area contributed by atoms with E-state index in [0.29, 0.717) is 37.1 Å². The van der Waals surface area contributed by atoms with Crippen LogP contribution < -0.4 is 0 Å².